The van der Waals surface area contributed by atoms with Gasteiger partial charge in [0.05, 0.1) is 18.8 Å². The van der Waals surface area contributed by atoms with E-state index >= 15 is 0 Å². The van der Waals surface area contributed by atoms with Crippen LogP contribution in [-0.4, -0.2) is 46.1 Å². The minimum absolute atomic E-state index is 0.366. The van der Waals surface area contributed by atoms with Crippen LogP contribution in [0, 0.1) is 0 Å². The summed E-state index contributed by atoms with van der Waals surface area (Å²) in [5.41, 5.74) is 0. The average Bonchev–Trinajstić information content (AvgIpc) is 2.32. The van der Waals surface area contributed by atoms with Gasteiger partial charge in [0.15, 0.2) is 0 Å². The van der Waals surface area contributed by atoms with Gasteiger partial charge in [-0.3, -0.25) is 4.79 Å². The van der Waals surface area contributed by atoms with E-state index in [1.807, 2.05) is 13.8 Å². The van der Waals surface area contributed by atoms with Crippen molar-refractivity contribution >= 4 is 5.91 Å². The molecule has 0 heterocycles. The van der Waals surface area contributed by atoms with Crippen LogP contribution in [0.4, 0.5) is 0 Å². The molecule has 0 radical (unpaired) electrons. The first-order valence-corrected chi connectivity index (χ1v) is 6.00. The van der Waals surface area contributed by atoms with Crippen molar-refractivity contribution in [2.75, 3.05) is 6.61 Å². The van der Waals surface area contributed by atoms with Crippen molar-refractivity contribution in [2.45, 2.75) is 51.4 Å². The number of aliphatic hydroxyl groups is 3. The number of amides is 1. The molecule has 0 spiro atoms. The molecule has 0 aliphatic heterocycles. The molecule has 3 atom stereocenters. The third-order valence-corrected chi connectivity index (χ3v) is 2.37. The number of rotatable bonds is 8. The summed E-state index contributed by atoms with van der Waals surface area (Å²) in [5.74, 6) is -0.560. The summed E-state index contributed by atoms with van der Waals surface area (Å²) in [7, 11) is 0. The molecule has 0 aliphatic rings. The molecule has 0 rings (SSSR count). The molecule has 17 heavy (non-hydrogen) atoms. The van der Waals surface area contributed by atoms with Crippen LogP contribution in [0.25, 0.3) is 0 Å². The Bertz CT molecular complexity index is 243. The van der Waals surface area contributed by atoms with Gasteiger partial charge in [-0.05, 0) is 12.8 Å². The Morgan fingerprint density at radius 2 is 2.00 bits per heavy atom. The van der Waals surface area contributed by atoms with Gasteiger partial charge in [-0.15, -0.1) is 0 Å². The summed E-state index contributed by atoms with van der Waals surface area (Å²) in [4.78, 5) is 11.5. The first-order valence-electron chi connectivity index (χ1n) is 6.00. The van der Waals surface area contributed by atoms with E-state index in [0.717, 1.165) is 6.42 Å². The zero-order chi connectivity index (χ0) is 13.3. The minimum Gasteiger partial charge on any atom is -0.394 e. The first-order chi connectivity index (χ1) is 8.06. The Kier molecular flexibility index (Phi) is 8.66. The van der Waals surface area contributed by atoms with E-state index in [2.05, 4.69) is 5.32 Å². The second-order valence-electron chi connectivity index (χ2n) is 3.93. The molecule has 0 saturated carbocycles. The third kappa shape index (κ3) is 6.41. The number of carbonyl (C=O) groups is 1. The number of hydrogen-bond donors (Lipinski definition) is 4. The number of carbonyl (C=O) groups excluding carboxylic acids is 1. The Morgan fingerprint density at radius 1 is 1.35 bits per heavy atom. The molecule has 100 valence electrons. The lowest BCUT2D eigenvalue weighted by Crippen LogP contribution is -2.48. The fourth-order valence-electron chi connectivity index (χ4n) is 1.33. The van der Waals surface area contributed by atoms with E-state index in [-0.39, 0.29) is 6.61 Å². The van der Waals surface area contributed by atoms with Crippen molar-refractivity contribution in [1.29, 1.82) is 0 Å². The smallest absolute Gasteiger partial charge is 0.249 e. The van der Waals surface area contributed by atoms with Gasteiger partial charge in [0.2, 0.25) is 5.91 Å². The van der Waals surface area contributed by atoms with Gasteiger partial charge in [0.25, 0.3) is 0 Å². The van der Waals surface area contributed by atoms with Gasteiger partial charge in [-0.1, -0.05) is 32.4 Å². The number of nitrogens with one attached hydrogen (secondary N) is 1. The van der Waals surface area contributed by atoms with Crippen LogP contribution >= 0.6 is 0 Å². The molecule has 0 fully saturated rings. The van der Waals surface area contributed by atoms with Crippen LogP contribution in [0.2, 0.25) is 0 Å². The van der Waals surface area contributed by atoms with Crippen LogP contribution in [0.15, 0.2) is 12.2 Å². The monoisotopic (exact) mass is 245 g/mol. The standard InChI is InChI=1S/C12H23NO4/c1-3-5-7-10(15)9(8-14)13-12(17)11(16)6-4-2/h5,7,9-11,14-16H,3-4,6,8H2,1-2H3,(H,13,17)/b7-5+/t9-,10+,11-/m0/s1. The normalized spacial score (nSPS) is 16.8. The maximum absolute atomic E-state index is 11.5. The zero-order valence-electron chi connectivity index (χ0n) is 10.5. The topological polar surface area (TPSA) is 89.8 Å². The molecular formula is C12H23NO4. The van der Waals surface area contributed by atoms with Crippen molar-refractivity contribution in [1.82, 2.24) is 5.32 Å². The zero-order valence-corrected chi connectivity index (χ0v) is 10.5. The highest BCUT2D eigenvalue weighted by Crippen LogP contribution is 2.00. The molecule has 4 N–H and O–H groups in total. The molecule has 5 nitrogen and oxygen atoms in total. The maximum Gasteiger partial charge on any atom is 0.249 e. The predicted octanol–water partition coefficient (Wildman–Crippen LogP) is -0.0484. The number of aliphatic hydroxyl groups excluding tert-OH is 3. The molecule has 5 heteroatoms. The molecule has 0 aromatic rings. The van der Waals surface area contributed by atoms with Gasteiger partial charge in [0.1, 0.15) is 6.10 Å². The van der Waals surface area contributed by atoms with Gasteiger partial charge in [-0.25, -0.2) is 0 Å². The van der Waals surface area contributed by atoms with Gasteiger partial charge in [0, 0.05) is 0 Å². The Hall–Kier alpha value is -0.910. The van der Waals surface area contributed by atoms with Crippen molar-refractivity contribution in [2.24, 2.45) is 0 Å². The third-order valence-electron chi connectivity index (χ3n) is 2.37. The van der Waals surface area contributed by atoms with E-state index in [1.54, 1.807) is 6.08 Å². The predicted molar refractivity (Wildman–Crippen MR) is 65.4 cm³/mol. The van der Waals surface area contributed by atoms with Crippen LogP contribution < -0.4 is 5.32 Å². The molecule has 0 aromatic heterocycles. The van der Waals surface area contributed by atoms with Crippen molar-refractivity contribution in [3.63, 3.8) is 0 Å². The quantitative estimate of drug-likeness (QED) is 0.451. The molecule has 1 amide bonds. The summed E-state index contributed by atoms with van der Waals surface area (Å²) in [6, 6.07) is -0.781. The second-order valence-corrected chi connectivity index (χ2v) is 3.93. The maximum atomic E-state index is 11.5. The van der Waals surface area contributed by atoms with E-state index < -0.39 is 24.2 Å². The summed E-state index contributed by atoms with van der Waals surface area (Å²) in [6.45, 7) is 3.40. The van der Waals surface area contributed by atoms with Gasteiger partial charge < -0.3 is 20.6 Å². The molecule has 0 aliphatic carbocycles. The Balaban J connectivity index is 4.29. The van der Waals surface area contributed by atoms with Gasteiger partial charge in [-0.2, -0.15) is 0 Å². The van der Waals surface area contributed by atoms with Crippen LogP contribution in [0.1, 0.15) is 33.1 Å². The Morgan fingerprint density at radius 3 is 2.47 bits per heavy atom. The van der Waals surface area contributed by atoms with Gasteiger partial charge >= 0.3 is 0 Å². The fraction of sp³-hybridized carbons (Fsp3) is 0.750. The minimum atomic E-state index is -1.09. The largest absolute Gasteiger partial charge is 0.394 e. The highest BCUT2D eigenvalue weighted by atomic mass is 16.3. The van der Waals surface area contributed by atoms with Crippen LogP contribution in [-0.2, 0) is 4.79 Å². The molecule has 0 saturated heterocycles. The molecule has 0 unspecified atom stereocenters. The van der Waals surface area contributed by atoms with Crippen molar-refractivity contribution in [3.8, 4) is 0 Å². The van der Waals surface area contributed by atoms with Crippen molar-refractivity contribution in [3.05, 3.63) is 12.2 Å². The van der Waals surface area contributed by atoms with Crippen molar-refractivity contribution < 1.29 is 20.1 Å². The summed E-state index contributed by atoms with van der Waals surface area (Å²) in [5, 5.41) is 30.6. The van der Waals surface area contributed by atoms with Crippen LogP contribution in [0.5, 0.6) is 0 Å². The first kappa shape index (κ1) is 16.1. The molecular weight excluding hydrogens is 222 g/mol. The highest BCUT2D eigenvalue weighted by molar-refractivity contribution is 5.80. The SMILES string of the molecule is CC/C=C/[C@@H](O)[C@H](CO)NC(=O)[C@@H](O)CCC. The van der Waals surface area contributed by atoms with Crippen LogP contribution in [0.3, 0.4) is 0 Å². The van der Waals surface area contributed by atoms with E-state index in [0.29, 0.717) is 12.8 Å². The lowest BCUT2D eigenvalue weighted by molar-refractivity contribution is -0.131. The van der Waals surface area contributed by atoms with E-state index in [1.165, 1.54) is 6.08 Å². The molecule has 0 bridgehead atoms. The van der Waals surface area contributed by atoms with E-state index in [9.17, 15) is 15.0 Å². The summed E-state index contributed by atoms with van der Waals surface area (Å²) < 4.78 is 0. The fourth-order valence-corrected chi connectivity index (χ4v) is 1.33. The average molecular weight is 245 g/mol. The lowest BCUT2D eigenvalue weighted by Gasteiger charge is -2.21. The Labute approximate surface area is 102 Å². The highest BCUT2D eigenvalue weighted by Gasteiger charge is 2.21. The van der Waals surface area contributed by atoms with E-state index in [4.69, 9.17) is 5.11 Å². The number of hydrogen-bond acceptors (Lipinski definition) is 4. The summed E-state index contributed by atoms with van der Waals surface area (Å²) in [6.07, 6.45) is 3.06. The lowest BCUT2D eigenvalue weighted by atomic mass is 10.1. The summed E-state index contributed by atoms with van der Waals surface area (Å²) >= 11 is 0. The second kappa shape index (κ2) is 9.15. The number of allylic oxidation sites excluding steroid dienone is 1. The molecule has 0 aromatic carbocycles.